The number of methoxy groups -OCH3 is 1. The molecule has 3 nitrogen and oxygen atoms in total. The molecule has 2 rings (SSSR count). The molecule has 3 heteroatoms. The fourth-order valence-corrected chi connectivity index (χ4v) is 2.66. The Morgan fingerprint density at radius 3 is 2.53 bits per heavy atom. The lowest BCUT2D eigenvalue weighted by atomic mass is 9.84. The van der Waals surface area contributed by atoms with E-state index in [1.165, 1.54) is 11.1 Å². The van der Waals surface area contributed by atoms with E-state index in [1.54, 1.807) is 7.11 Å². The summed E-state index contributed by atoms with van der Waals surface area (Å²) in [5, 5.41) is 3.50. The fourth-order valence-electron chi connectivity index (χ4n) is 2.66. The molecule has 0 spiro atoms. The van der Waals surface area contributed by atoms with Gasteiger partial charge in [0.15, 0.2) is 0 Å². The molecule has 0 amide bonds. The molecule has 19 heavy (non-hydrogen) atoms. The molecular weight excluding hydrogens is 238 g/mol. The molecule has 2 unspecified atom stereocenters. The molecule has 0 saturated carbocycles. The van der Waals surface area contributed by atoms with E-state index in [9.17, 15) is 0 Å². The van der Waals surface area contributed by atoms with Gasteiger partial charge in [-0.15, -0.1) is 0 Å². The minimum absolute atomic E-state index is 0.0411. The van der Waals surface area contributed by atoms with Gasteiger partial charge in [0.05, 0.1) is 13.2 Å². The Hall–Kier alpha value is -1.22. The third kappa shape index (κ3) is 2.57. The van der Waals surface area contributed by atoms with E-state index in [0.29, 0.717) is 0 Å². The topological polar surface area (TPSA) is 30.5 Å². The van der Waals surface area contributed by atoms with Gasteiger partial charge in [0.1, 0.15) is 17.6 Å². The smallest absolute Gasteiger partial charge is 0.128 e. The second-order valence-electron chi connectivity index (χ2n) is 6.20. The van der Waals surface area contributed by atoms with Crippen LogP contribution in [-0.2, 0) is 5.41 Å². The maximum atomic E-state index is 6.11. The molecule has 0 bridgehead atoms. The Kier molecular flexibility index (Phi) is 3.77. The van der Waals surface area contributed by atoms with Crippen LogP contribution in [0.5, 0.6) is 11.5 Å². The molecule has 1 aliphatic rings. The highest BCUT2D eigenvalue weighted by molar-refractivity contribution is 5.54. The van der Waals surface area contributed by atoms with Crippen molar-refractivity contribution < 1.29 is 9.47 Å². The Bertz CT molecular complexity index is 463. The van der Waals surface area contributed by atoms with Crippen molar-refractivity contribution in [2.45, 2.75) is 52.2 Å². The number of ether oxygens (including phenoxy) is 2. The van der Waals surface area contributed by atoms with E-state index < -0.39 is 0 Å². The van der Waals surface area contributed by atoms with Crippen molar-refractivity contribution in [3.8, 4) is 11.5 Å². The van der Waals surface area contributed by atoms with Gasteiger partial charge in [0.2, 0.25) is 0 Å². The highest BCUT2D eigenvalue weighted by Gasteiger charge is 2.35. The van der Waals surface area contributed by atoms with Crippen molar-refractivity contribution in [3.05, 3.63) is 23.3 Å². The summed E-state index contributed by atoms with van der Waals surface area (Å²) in [6.45, 7) is 11.8. The van der Waals surface area contributed by atoms with Crippen molar-refractivity contribution in [2.75, 3.05) is 13.7 Å². The molecule has 0 aromatic heterocycles. The summed E-state index contributed by atoms with van der Waals surface area (Å²) < 4.78 is 11.6. The largest absolute Gasteiger partial charge is 0.497 e. The SMILES string of the molecule is CCNC1c2cc(OC)cc(C(C)(C)C)c2OC1C. The minimum Gasteiger partial charge on any atom is -0.497 e. The summed E-state index contributed by atoms with van der Waals surface area (Å²) in [5.41, 5.74) is 2.48. The van der Waals surface area contributed by atoms with Crippen molar-refractivity contribution >= 4 is 0 Å². The lowest BCUT2D eigenvalue weighted by Gasteiger charge is -2.23. The molecule has 2 atom stereocenters. The Morgan fingerprint density at radius 1 is 1.32 bits per heavy atom. The monoisotopic (exact) mass is 263 g/mol. The maximum absolute atomic E-state index is 6.11. The number of nitrogens with one attached hydrogen (secondary N) is 1. The number of hydrogen-bond acceptors (Lipinski definition) is 3. The summed E-state index contributed by atoms with van der Waals surface area (Å²) in [7, 11) is 1.72. The summed E-state index contributed by atoms with van der Waals surface area (Å²) in [4.78, 5) is 0. The van der Waals surface area contributed by atoms with E-state index in [0.717, 1.165) is 18.0 Å². The van der Waals surface area contributed by atoms with Gasteiger partial charge in [0, 0.05) is 11.1 Å². The highest BCUT2D eigenvalue weighted by Crippen LogP contribution is 2.45. The zero-order valence-corrected chi connectivity index (χ0v) is 12.8. The second-order valence-corrected chi connectivity index (χ2v) is 6.20. The molecule has 0 radical (unpaired) electrons. The minimum atomic E-state index is 0.0411. The van der Waals surface area contributed by atoms with Gasteiger partial charge in [-0.25, -0.2) is 0 Å². The van der Waals surface area contributed by atoms with E-state index in [2.05, 4.69) is 52.1 Å². The first-order valence-corrected chi connectivity index (χ1v) is 7.01. The first-order chi connectivity index (χ1) is 8.88. The Labute approximate surface area is 116 Å². The molecular formula is C16H25NO2. The molecule has 0 aliphatic carbocycles. The predicted octanol–water partition coefficient (Wildman–Crippen LogP) is 3.42. The molecule has 0 fully saturated rings. The fraction of sp³-hybridized carbons (Fsp3) is 0.625. The van der Waals surface area contributed by atoms with Gasteiger partial charge in [-0.1, -0.05) is 27.7 Å². The van der Waals surface area contributed by atoms with Crippen LogP contribution in [0.1, 0.15) is 51.8 Å². The number of hydrogen-bond donors (Lipinski definition) is 1. The van der Waals surface area contributed by atoms with Crippen molar-refractivity contribution in [1.82, 2.24) is 5.32 Å². The van der Waals surface area contributed by atoms with Crippen molar-refractivity contribution in [1.29, 1.82) is 0 Å². The number of likely N-dealkylation sites (N-methyl/N-ethyl adjacent to an activating group) is 1. The number of benzene rings is 1. The van der Waals surface area contributed by atoms with Gasteiger partial charge in [-0.2, -0.15) is 0 Å². The Morgan fingerprint density at radius 2 is 2.00 bits per heavy atom. The lowest BCUT2D eigenvalue weighted by Crippen LogP contribution is -2.28. The normalized spacial score (nSPS) is 22.0. The second kappa shape index (κ2) is 5.04. The average molecular weight is 263 g/mol. The van der Waals surface area contributed by atoms with Crippen LogP contribution in [0.4, 0.5) is 0 Å². The third-order valence-corrected chi connectivity index (χ3v) is 3.67. The van der Waals surface area contributed by atoms with Crippen LogP contribution in [0.15, 0.2) is 12.1 Å². The molecule has 106 valence electrons. The molecule has 1 aromatic rings. The van der Waals surface area contributed by atoms with Crippen LogP contribution in [0, 0.1) is 0 Å². The van der Waals surface area contributed by atoms with Crippen LogP contribution < -0.4 is 14.8 Å². The average Bonchev–Trinajstić information content (AvgIpc) is 2.64. The predicted molar refractivity (Wildman–Crippen MR) is 78.2 cm³/mol. The molecule has 0 saturated heterocycles. The van der Waals surface area contributed by atoms with Gasteiger partial charge < -0.3 is 14.8 Å². The molecule has 1 aliphatic heterocycles. The summed E-state index contributed by atoms with van der Waals surface area (Å²) in [6, 6.07) is 4.44. The van der Waals surface area contributed by atoms with Gasteiger partial charge in [0.25, 0.3) is 0 Å². The van der Waals surface area contributed by atoms with Crippen LogP contribution in [0.25, 0.3) is 0 Å². The third-order valence-electron chi connectivity index (χ3n) is 3.67. The van der Waals surface area contributed by atoms with Crippen molar-refractivity contribution in [2.24, 2.45) is 0 Å². The first-order valence-electron chi connectivity index (χ1n) is 7.01. The standard InChI is InChI=1S/C16H25NO2/c1-7-17-14-10(2)19-15-12(14)8-11(18-6)9-13(15)16(3,4)5/h8-10,14,17H,7H2,1-6H3. The summed E-state index contributed by atoms with van der Waals surface area (Å²) >= 11 is 0. The summed E-state index contributed by atoms with van der Waals surface area (Å²) in [6.07, 6.45) is 0.156. The Balaban J connectivity index is 2.56. The molecule has 1 heterocycles. The quantitative estimate of drug-likeness (QED) is 0.906. The zero-order valence-electron chi connectivity index (χ0n) is 12.8. The lowest BCUT2D eigenvalue weighted by molar-refractivity contribution is 0.207. The summed E-state index contributed by atoms with van der Waals surface area (Å²) in [5.74, 6) is 1.94. The zero-order chi connectivity index (χ0) is 14.2. The van der Waals surface area contributed by atoms with E-state index in [4.69, 9.17) is 9.47 Å². The van der Waals surface area contributed by atoms with E-state index in [1.807, 2.05) is 0 Å². The number of fused-ring (bicyclic) bond motifs is 1. The van der Waals surface area contributed by atoms with Gasteiger partial charge in [-0.05, 0) is 31.0 Å². The van der Waals surface area contributed by atoms with E-state index in [-0.39, 0.29) is 17.6 Å². The van der Waals surface area contributed by atoms with Crippen LogP contribution >= 0.6 is 0 Å². The number of rotatable bonds is 3. The van der Waals surface area contributed by atoms with Gasteiger partial charge in [-0.3, -0.25) is 0 Å². The van der Waals surface area contributed by atoms with Crippen LogP contribution in [-0.4, -0.2) is 19.8 Å². The first kappa shape index (κ1) is 14.2. The maximum Gasteiger partial charge on any atom is 0.128 e. The highest BCUT2D eigenvalue weighted by atomic mass is 16.5. The van der Waals surface area contributed by atoms with Gasteiger partial charge >= 0.3 is 0 Å². The van der Waals surface area contributed by atoms with Crippen LogP contribution in [0.2, 0.25) is 0 Å². The van der Waals surface area contributed by atoms with Crippen molar-refractivity contribution in [3.63, 3.8) is 0 Å². The molecule has 1 aromatic carbocycles. The molecule has 1 N–H and O–H groups in total. The van der Waals surface area contributed by atoms with Crippen LogP contribution in [0.3, 0.4) is 0 Å². The van der Waals surface area contributed by atoms with E-state index >= 15 is 0 Å².